The van der Waals surface area contributed by atoms with E-state index in [1.54, 1.807) is 6.92 Å². The molecule has 116 valence electrons. The van der Waals surface area contributed by atoms with E-state index in [9.17, 15) is 4.79 Å². The van der Waals surface area contributed by atoms with Crippen molar-refractivity contribution in [2.45, 2.75) is 76.9 Å². The summed E-state index contributed by atoms with van der Waals surface area (Å²) in [6, 6.07) is 1.07. The highest BCUT2D eigenvalue weighted by atomic mass is 16.5. The van der Waals surface area contributed by atoms with Gasteiger partial charge >= 0.3 is 5.97 Å². The van der Waals surface area contributed by atoms with Crippen molar-refractivity contribution in [2.75, 3.05) is 13.2 Å². The Balaban J connectivity index is 1.94. The summed E-state index contributed by atoms with van der Waals surface area (Å²) in [5.41, 5.74) is 5.31. The van der Waals surface area contributed by atoms with Crippen LogP contribution in [0.15, 0.2) is 0 Å². The molecule has 0 aromatic rings. The SMILES string of the molecule is CCOC(=O)C(C)(N)CC(C)N1CCC2CCCCC21. The number of carbonyl (C=O) groups is 1. The summed E-state index contributed by atoms with van der Waals surface area (Å²) in [6.45, 7) is 7.39. The van der Waals surface area contributed by atoms with Crippen LogP contribution in [0.1, 0.15) is 59.3 Å². The number of nitrogens with zero attached hydrogens (tertiary/aromatic N) is 1. The molecule has 1 saturated carbocycles. The predicted molar refractivity (Wildman–Crippen MR) is 80.4 cm³/mol. The molecule has 2 aliphatic rings. The number of carbonyl (C=O) groups excluding carboxylic acids is 1. The zero-order valence-electron chi connectivity index (χ0n) is 13.2. The number of likely N-dealkylation sites (tertiary alicyclic amines) is 1. The number of rotatable bonds is 5. The van der Waals surface area contributed by atoms with Crippen LogP contribution in [0.25, 0.3) is 0 Å². The molecule has 0 aromatic carbocycles. The quantitative estimate of drug-likeness (QED) is 0.786. The number of hydrogen-bond acceptors (Lipinski definition) is 4. The van der Waals surface area contributed by atoms with Gasteiger partial charge < -0.3 is 10.5 Å². The average Bonchev–Trinajstić information content (AvgIpc) is 2.82. The van der Waals surface area contributed by atoms with Crippen LogP contribution in [0.2, 0.25) is 0 Å². The van der Waals surface area contributed by atoms with Crippen LogP contribution in [0.3, 0.4) is 0 Å². The van der Waals surface area contributed by atoms with Crippen LogP contribution in [-0.4, -0.2) is 41.6 Å². The second-order valence-corrected chi connectivity index (χ2v) is 6.83. The topological polar surface area (TPSA) is 55.6 Å². The van der Waals surface area contributed by atoms with Crippen molar-refractivity contribution < 1.29 is 9.53 Å². The fourth-order valence-corrected chi connectivity index (χ4v) is 4.10. The Labute approximate surface area is 123 Å². The first-order valence-electron chi connectivity index (χ1n) is 8.17. The highest BCUT2D eigenvalue weighted by Crippen LogP contribution is 2.38. The predicted octanol–water partition coefficient (Wildman–Crippen LogP) is 2.31. The zero-order chi connectivity index (χ0) is 14.8. The smallest absolute Gasteiger partial charge is 0.325 e. The van der Waals surface area contributed by atoms with Gasteiger partial charge in [0.05, 0.1) is 6.61 Å². The van der Waals surface area contributed by atoms with Crippen LogP contribution in [0.5, 0.6) is 0 Å². The largest absolute Gasteiger partial charge is 0.465 e. The monoisotopic (exact) mass is 282 g/mol. The third-order valence-corrected chi connectivity index (χ3v) is 5.08. The Bertz CT molecular complexity index is 343. The Hall–Kier alpha value is -0.610. The minimum atomic E-state index is -0.873. The van der Waals surface area contributed by atoms with Gasteiger partial charge in [0.2, 0.25) is 0 Å². The maximum atomic E-state index is 11.9. The van der Waals surface area contributed by atoms with Crippen LogP contribution < -0.4 is 5.73 Å². The molecule has 0 aromatic heterocycles. The second kappa shape index (κ2) is 6.44. The van der Waals surface area contributed by atoms with Crippen LogP contribution in [0.4, 0.5) is 0 Å². The van der Waals surface area contributed by atoms with E-state index >= 15 is 0 Å². The van der Waals surface area contributed by atoms with Crippen molar-refractivity contribution in [3.05, 3.63) is 0 Å². The fourth-order valence-electron chi connectivity index (χ4n) is 4.10. The van der Waals surface area contributed by atoms with E-state index in [2.05, 4.69) is 11.8 Å². The molecule has 4 heteroatoms. The van der Waals surface area contributed by atoms with Gasteiger partial charge in [0.1, 0.15) is 5.54 Å². The van der Waals surface area contributed by atoms with Gasteiger partial charge in [-0.1, -0.05) is 12.8 Å². The van der Waals surface area contributed by atoms with E-state index in [1.807, 2.05) is 6.92 Å². The molecule has 0 amide bonds. The van der Waals surface area contributed by atoms with Gasteiger partial charge in [-0.15, -0.1) is 0 Å². The standard InChI is InChI=1S/C16H30N2O2/c1-4-20-15(19)16(3,17)11-12(2)18-10-9-13-7-5-6-8-14(13)18/h12-14H,4-11,17H2,1-3H3. The van der Waals surface area contributed by atoms with Gasteiger partial charge in [-0.05, 0) is 58.9 Å². The van der Waals surface area contributed by atoms with E-state index < -0.39 is 5.54 Å². The molecule has 1 heterocycles. The molecule has 20 heavy (non-hydrogen) atoms. The summed E-state index contributed by atoms with van der Waals surface area (Å²) in [5.74, 6) is 0.601. The number of esters is 1. The zero-order valence-corrected chi connectivity index (χ0v) is 13.2. The van der Waals surface area contributed by atoms with Gasteiger partial charge in [0.25, 0.3) is 0 Å². The lowest BCUT2D eigenvalue weighted by Crippen LogP contribution is -2.52. The number of nitrogens with two attached hydrogens (primary N) is 1. The molecule has 0 bridgehead atoms. The van der Waals surface area contributed by atoms with E-state index in [4.69, 9.17) is 10.5 Å². The van der Waals surface area contributed by atoms with E-state index in [1.165, 1.54) is 32.1 Å². The van der Waals surface area contributed by atoms with Gasteiger partial charge in [-0.2, -0.15) is 0 Å². The molecule has 2 fully saturated rings. The first-order chi connectivity index (χ1) is 9.45. The maximum absolute atomic E-state index is 11.9. The second-order valence-electron chi connectivity index (χ2n) is 6.83. The molecule has 0 radical (unpaired) electrons. The van der Waals surface area contributed by atoms with E-state index in [0.29, 0.717) is 19.1 Å². The summed E-state index contributed by atoms with van der Waals surface area (Å²) in [5, 5.41) is 0. The molecular weight excluding hydrogens is 252 g/mol. The van der Waals surface area contributed by atoms with Crippen molar-refractivity contribution in [3.8, 4) is 0 Å². The Morgan fingerprint density at radius 3 is 2.80 bits per heavy atom. The van der Waals surface area contributed by atoms with Crippen molar-refractivity contribution in [1.82, 2.24) is 4.90 Å². The maximum Gasteiger partial charge on any atom is 0.325 e. The lowest BCUT2D eigenvalue weighted by atomic mass is 9.84. The molecule has 1 saturated heterocycles. The number of ether oxygens (including phenoxy) is 1. The van der Waals surface area contributed by atoms with Crippen molar-refractivity contribution >= 4 is 5.97 Å². The molecule has 2 N–H and O–H groups in total. The normalized spacial score (nSPS) is 31.4. The average molecular weight is 282 g/mol. The van der Waals surface area contributed by atoms with Gasteiger partial charge in [0, 0.05) is 12.1 Å². The van der Waals surface area contributed by atoms with Gasteiger partial charge in [0.15, 0.2) is 0 Å². The number of fused-ring (bicyclic) bond motifs is 1. The summed E-state index contributed by atoms with van der Waals surface area (Å²) in [4.78, 5) is 14.5. The minimum absolute atomic E-state index is 0.272. The summed E-state index contributed by atoms with van der Waals surface area (Å²) < 4.78 is 5.09. The molecule has 4 atom stereocenters. The minimum Gasteiger partial charge on any atom is -0.465 e. The van der Waals surface area contributed by atoms with Crippen LogP contribution in [0, 0.1) is 5.92 Å². The Morgan fingerprint density at radius 2 is 2.10 bits per heavy atom. The molecule has 0 spiro atoms. The first-order valence-corrected chi connectivity index (χ1v) is 8.17. The van der Waals surface area contributed by atoms with Crippen molar-refractivity contribution in [3.63, 3.8) is 0 Å². The molecule has 1 aliphatic heterocycles. The Kier molecular flexibility index (Phi) is 5.08. The molecule has 4 nitrogen and oxygen atoms in total. The van der Waals surface area contributed by atoms with E-state index in [-0.39, 0.29) is 5.97 Å². The summed E-state index contributed by atoms with van der Waals surface area (Å²) >= 11 is 0. The van der Waals surface area contributed by atoms with Crippen molar-refractivity contribution in [1.29, 1.82) is 0 Å². The molecular formula is C16H30N2O2. The molecule has 4 unspecified atom stereocenters. The highest BCUT2D eigenvalue weighted by Gasteiger charge is 2.40. The fraction of sp³-hybridized carbons (Fsp3) is 0.938. The van der Waals surface area contributed by atoms with Crippen LogP contribution in [-0.2, 0) is 9.53 Å². The molecule has 2 rings (SSSR count). The Morgan fingerprint density at radius 1 is 1.40 bits per heavy atom. The van der Waals surface area contributed by atoms with Gasteiger partial charge in [-0.25, -0.2) is 0 Å². The number of hydrogen-bond donors (Lipinski definition) is 1. The third-order valence-electron chi connectivity index (χ3n) is 5.08. The summed E-state index contributed by atoms with van der Waals surface area (Å²) in [7, 11) is 0. The molecule has 1 aliphatic carbocycles. The highest BCUT2D eigenvalue weighted by molar-refractivity contribution is 5.80. The van der Waals surface area contributed by atoms with E-state index in [0.717, 1.165) is 18.5 Å². The van der Waals surface area contributed by atoms with Crippen LogP contribution >= 0.6 is 0 Å². The summed E-state index contributed by atoms with van der Waals surface area (Å²) in [6.07, 6.45) is 7.43. The lowest BCUT2D eigenvalue weighted by molar-refractivity contribution is -0.149. The van der Waals surface area contributed by atoms with Gasteiger partial charge in [-0.3, -0.25) is 9.69 Å². The van der Waals surface area contributed by atoms with Crippen molar-refractivity contribution in [2.24, 2.45) is 11.7 Å². The first kappa shape index (κ1) is 15.8. The lowest BCUT2D eigenvalue weighted by Gasteiger charge is -2.38. The third kappa shape index (κ3) is 3.34.